The number of ether oxygens (including phenoxy) is 1. The van der Waals surface area contributed by atoms with Gasteiger partial charge in [0.25, 0.3) is 0 Å². The van der Waals surface area contributed by atoms with Crippen molar-refractivity contribution in [3.05, 3.63) is 58.1 Å². The molecule has 0 bridgehead atoms. The molecule has 0 fully saturated rings. The van der Waals surface area contributed by atoms with Crippen LogP contribution < -0.4 is 10.5 Å². The molecule has 0 saturated carbocycles. The molecule has 3 N–H and O–H groups in total. The van der Waals surface area contributed by atoms with Crippen molar-refractivity contribution in [1.29, 1.82) is 0 Å². The molecule has 0 amide bonds. The minimum absolute atomic E-state index is 0.0151. The predicted octanol–water partition coefficient (Wildman–Crippen LogP) is 3.37. The van der Waals surface area contributed by atoms with Gasteiger partial charge in [0.2, 0.25) is 0 Å². The van der Waals surface area contributed by atoms with Gasteiger partial charge in [0.05, 0.1) is 11.1 Å². The summed E-state index contributed by atoms with van der Waals surface area (Å²) in [4.78, 5) is 0.342. The molecular weight excluding hydrogens is 326 g/mol. The van der Waals surface area contributed by atoms with Gasteiger partial charge in [0, 0.05) is 5.56 Å². The van der Waals surface area contributed by atoms with Crippen LogP contribution in [-0.4, -0.2) is 10.1 Å². The summed E-state index contributed by atoms with van der Waals surface area (Å²) >= 11 is 8.33. The zero-order valence-corrected chi connectivity index (χ0v) is 12.4. The minimum atomic E-state index is -0.0151. The largest absolute Gasteiger partial charge is 0.456 e. The lowest BCUT2D eigenvalue weighted by Gasteiger charge is -2.09. The summed E-state index contributed by atoms with van der Waals surface area (Å²) < 4.78 is 6.51. The van der Waals surface area contributed by atoms with Crippen LogP contribution in [0, 0.1) is 0 Å². The molecule has 0 radical (unpaired) electrons. The van der Waals surface area contributed by atoms with Crippen LogP contribution in [0.5, 0.6) is 11.5 Å². The van der Waals surface area contributed by atoms with Crippen LogP contribution in [-0.2, 0) is 6.61 Å². The lowest BCUT2D eigenvalue weighted by molar-refractivity contribution is 0.281. The zero-order valence-electron chi connectivity index (χ0n) is 9.97. The van der Waals surface area contributed by atoms with Gasteiger partial charge in [-0.05, 0) is 51.8 Å². The molecule has 0 aliphatic heterocycles. The maximum absolute atomic E-state index is 9.09. The van der Waals surface area contributed by atoms with Crippen LogP contribution in [0.1, 0.15) is 11.1 Å². The molecule has 0 saturated heterocycles. The van der Waals surface area contributed by atoms with E-state index in [9.17, 15) is 0 Å². The fourth-order valence-corrected chi connectivity index (χ4v) is 2.16. The van der Waals surface area contributed by atoms with E-state index < -0.39 is 0 Å². The third-order valence-electron chi connectivity index (χ3n) is 2.53. The van der Waals surface area contributed by atoms with Crippen molar-refractivity contribution < 1.29 is 9.84 Å². The Bertz CT molecular complexity index is 616. The first-order valence-corrected chi connectivity index (χ1v) is 6.77. The zero-order chi connectivity index (χ0) is 13.8. The molecule has 98 valence electrons. The van der Waals surface area contributed by atoms with Crippen LogP contribution >= 0.6 is 28.1 Å². The number of aliphatic hydroxyl groups is 1. The van der Waals surface area contributed by atoms with Gasteiger partial charge < -0.3 is 15.6 Å². The number of aliphatic hydroxyl groups excluding tert-OH is 1. The second-order valence-corrected chi connectivity index (χ2v) is 5.21. The summed E-state index contributed by atoms with van der Waals surface area (Å²) in [6.45, 7) is -0.0151. The Balaban J connectivity index is 2.25. The van der Waals surface area contributed by atoms with E-state index >= 15 is 0 Å². The maximum Gasteiger partial charge on any atom is 0.141 e. The van der Waals surface area contributed by atoms with Crippen LogP contribution in [0.3, 0.4) is 0 Å². The molecule has 0 atom stereocenters. The highest BCUT2D eigenvalue weighted by atomic mass is 79.9. The van der Waals surface area contributed by atoms with Gasteiger partial charge >= 0.3 is 0 Å². The summed E-state index contributed by atoms with van der Waals surface area (Å²) in [6, 6.07) is 12.7. The van der Waals surface area contributed by atoms with Crippen molar-refractivity contribution in [3.8, 4) is 11.5 Å². The topological polar surface area (TPSA) is 55.5 Å². The molecule has 0 aromatic heterocycles. The number of benzene rings is 2. The normalized spacial score (nSPS) is 10.2. The van der Waals surface area contributed by atoms with Crippen LogP contribution in [0.4, 0.5) is 0 Å². The lowest BCUT2D eigenvalue weighted by Crippen LogP contribution is -2.09. The van der Waals surface area contributed by atoms with Gasteiger partial charge in [-0.15, -0.1) is 0 Å². The predicted molar refractivity (Wildman–Crippen MR) is 82.5 cm³/mol. The summed E-state index contributed by atoms with van der Waals surface area (Å²) in [5.41, 5.74) is 7.14. The van der Waals surface area contributed by atoms with Crippen LogP contribution in [0.25, 0.3) is 0 Å². The Morgan fingerprint density at radius 1 is 1.26 bits per heavy atom. The van der Waals surface area contributed by atoms with Crippen molar-refractivity contribution in [2.75, 3.05) is 0 Å². The highest BCUT2D eigenvalue weighted by molar-refractivity contribution is 9.10. The number of thiocarbonyl (C=S) groups is 1. The number of hydrogen-bond acceptors (Lipinski definition) is 3. The molecule has 2 aromatic carbocycles. The standard InChI is InChI=1S/C14H12BrNO2S/c15-12-7-10(14(16)19)4-5-13(12)18-11-3-1-2-9(6-11)8-17/h1-7,17H,8H2,(H2,16,19). The molecule has 3 nitrogen and oxygen atoms in total. The number of hydrogen-bond donors (Lipinski definition) is 2. The molecule has 2 rings (SSSR count). The molecular formula is C14H12BrNO2S. The minimum Gasteiger partial charge on any atom is -0.456 e. The molecule has 0 spiro atoms. The average Bonchev–Trinajstić information content (AvgIpc) is 2.41. The Morgan fingerprint density at radius 2 is 2.05 bits per heavy atom. The van der Waals surface area contributed by atoms with E-state index in [-0.39, 0.29) is 6.61 Å². The average molecular weight is 338 g/mol. The molecule has 0 heterocycles. The highest BCUT2D eigenvalue weighted by Gasteiger charge is 2.06. The van der Waals surface area contributed by atoms with E-state index in [2.05, 4.69) is 15.9 Å². The monoisotopic (exact) mass is 337 g/mol. The van der Waals surface area contributed by atoms with Crippen molar-refractivity contribution in [1.82, 2.24) is 0 Å². The highest BCUT2D eigenvalue weighted by Crippen LogP contribution is 2.30. The Hall–Kier alpha value is -1.43. The molecule has 0 aliphatic rings. The van der Waals surface area contributed by atoms with Crippen LogP contribution in [0.2, 0.25) is 0 Å². The molecule has 0 unspecified atom stereocenters. The van der Waals surface area contributed by atoms with E-state index in [1.165, 1.54) is 0 Å². The van der Waals surface area contributed by atoms with E-state index in [0.29, 0.717) is 16.5 Å². The Kier molecular flexibility index (Phi) is 4.52. The smallest absolute Gasteiger partial charge is 0.141 e. The van der Waals surface area contributed by atoms with Gasteiger partial charge in [-0.2, -0.15) is 0 Å². The number of rotatable bonds is 4. The maximum atomic E-state index is 9.09. The summed E-state index contributed by atoms with van der Waals surface area (Å²) in [6.07, 6.45) is 0. The quantitative estimate of drug-likeness (QED) is 0.840. The van der Waals surface area contributed by atoms with E-state index in [0.717, 1.165) is 15.6 Å². The van der Waals surface area contributed by atoms with E-state index in [1.807, 2.05) is 24.3 Å². The van der Waals surface area contributed by atoms with E-state index in [1.54, 1.807) is 18.2 Å². The van der Waals surface area contributed by atoms with Gasteiger partial charge in [0.1, 0.15) is 16.5 Å². The summed E-state index contributed by atoms with van der Waals surface area (Å²) in [5.74, 6) is 1.32. The van der Waals surface area contributed by atoms with Crippen molar-refractivity contribution in [2.24, 2.45) is 5.73 Å². The molecule has 19 heavy (non-hydrogen) atoms. The number of halogens is 1. The van der Waals surface area contributed by atoms with Crippen molar-refractivity contribution >= 4 is 33.1 Å². The second kappa shape index (κ2) is 6.14. The van der Waals surface area contributed by atoms with Crippen molar-refractivity contribution in [3.63, 3.8) is 0 Å². The van der Waals surface area contributed by atoms with Gasteiger partial charge in [0.15, 0.2) is 0 Å². The van der Waals surface area contributed by atoms with Gasteiger partial charge in [-0.1, -0.05) is 24.4 Å². The fraction of sp³-hybridized carbons (Fsp3) is 0.0714. The first-order chi connectivity index (χ1) is 9.10. The van der Waals surface area contributed by atoms with E-state index in [4.69, 9.17) is 27.8 Å². The summed E-state index contributed by atoms with van der Waals surface area (Å²) in [7, 11) is 0. The third kappa shape index (κ3) is 3.53. The Morgan fingerprint density at radius 3 is 2.68 bits per heavy atom. The molecule has 0 aliphatic carbocycles. The number of nitrogens with two attached hydrogens (primary N) is 1. The summed E-state index contributed by atoms with van der Waals surface area (Å²) in [5, 5.41) is 9.09. The fourth-order valence-electron chi connectivity index (χ4n) is 1.57. The SMILES string of the molecule is NC(=S)c1ccc(Oc2cccc(CO)c2)c(Br)c1. The first kappa shape index (κ1) is 14.0. The Labute approximate surface area is 125 Å². The van der Waals surface area contributed by atoms with Gasteiger partial charge in [-0.3, -0.25) is 0 Å². The second-order valence-electron chi connectivity index (χ2n) is 3.92. The third-order valence-corrected chi connectivity index (χ3v) is 3.38. The first-order valence-electron chi connectivity index (χ1n) is 5.57. The van der Waals surface area contributed by atoms with Gasteiger partial charge in [-0.25, -0.2) is 0 Å². The molecule has 5 heteroatoms. The lowest BCUT2D eigenvalue weighted by atomic mass is 10.2. The van der Waals surface area contributed by atoms with Crippen LogP contribution in [0.15, 0.2) is 46.9 Å². The van der Waals surface area contributed by atoms with Crippen molar-refractivity contribution in [2.45, 2.75) is 6.61 Å². The molecule has 2 aromatic rings.